The molecule has 2 aromatic heterocycles. The van der Waals surface area contributed by atoms with Gasteiger partial charge in [-0.3, -0.25) is 5.14 Å². The van der Waals surface area contributed by atoms with E-state index in [1.54, 1.807) is 16.6 Å². The number of nitrogens with two attached hydrogens (primary N) is 1. The number of benzene rings is 1. The average Bonchev–Trinajstić information content (AvgIpc) is 2.93. The fourth-order valence-corrected chi connectivity index (χ4v) is 5.22. The maximum absolute atomic E-state index is 13.4. The molecule has 152 valence electrons. The first-order chi connectivity index (χ1) is 13.9. The third-order valence-corrected chi connectivity index (χ3v) is 7.11. The van der Waals surface area contributed by atoms with Crippen molar-refractivity contribution < 1.29 is 4.39 Å². The van der Waals surface area contributed by atoms with Gasteiger partial charge in [0.25, 0.3) is 0 Å². The van der Waals surface area contributed by atoms with Crippen molar-refractivity contribution in [1.29, 1.82) is 0 Å². The Bertz CT molecular complexity index is 1070. The Morgan fingerprint density at radius 3 is 2.62 bits per heavy atom. The zero-order valence-electron chi connectivity index (χ0n) is 16.3. The van der Waals surface area contributed by atoms with Gasteiger partial charge in [0.15, 0.2) is 11.6 Å². The van der Waals surface area contributed by atoms with Crippen LogP contribution in [-0.4, -0.2) is 45.1 Å². The number of anilines is 1. The van der Waals surface area contributed by atoms with Gasteiger partial charge in [-0.15, -0.1) is 5.10 Å². The van der Waals surface area contributed by atoms with E-state index in [0.29, 0.717) is 22.4 Å². The highest BCUT2D eigenvalue weighted by Crippen LogP contribution is 2.52. The molecular formula is C20H22ClFN6S. The highest BCUT2D eigenvalue weighted by molar-refractivity contribution is 7.94. The highest BCUT2D eigenvalue weighted by Gasteiger charge is 2.54. The van der Waals surface area contributed by atoms with E-state index in [2.05, 4.69) is 14.3 Å². The molecule has 2 fully saturated rings. The normalized spacial score (nSPS) is 18.5. The van der Waals surface area contributed by atoms with Gasteiger partial charge >= 0.3 is 0 Å². The fourth-order valence-electron chi connectivity index (χ4n) is 4.62. The third-order valence-electron chi connectivity index (χ3n) is 6.21. The Balaban J connectivity index is 1.48. The van der Waals surface area contributed by atoms with Crippen molar-refractivity contribution in [3.05, 3.63) is 46.9 Å². The molecule has 2 N–H and O–H groups in total. The topological polar surface area (TPSA) is 62.7 Å². The summed E-state index contributed by atoms with van der Waals surface area (Å²) in [6.45, 7) is 3.95. The molecule has 1 saturated heterocycles. The number of hydrogen-bond acceptors (Lipinski definition) is 6. The lowest BCUT2D eigenvalue weighted by molar-refractivity contribution is 0.0240. The largest absolute Gasteiger partial charge is 0.353 e. The zero-order chi connectivity index (χ0) is 20.3. The number of halogens is 2. The van der Waals surface area contributed by atoms with Crippen molar-refractivity contribution >= 4 is 35.1 Å². The summed E-state index contributed by atoms with van der Waals surface area (Å²) in [5, 5.41) is 10.8. The van der Waals surface area contributed by atoms with Crippen LogP contribution in [0.2, 0.25) is 5.15 Å². The van der Waals surface area contributed by atoms with E-state index in [4.69, 9.17) is 21.7 Å². The van der Waals surface area contributed by atoms with Crippen LogP contribution in [0.15, 0.2) is 30.3 Å². The van der Waals surface area contributed by atoms with Gasteiger partial charge < -0.3 is 4.90 Å². The maximum atomic E-state index is 13.4. The number of nitrogens with zero attached hydrogens (tertiary/aromatic N) is 5. The summed E-state index contributed by atoms with van der Waals surface area (Å²) < 4.78 is 17.2. The lowest BCUT2D eigenvalue weighted by atomic mass is 9.60. The maximum Gasteiger partial charge on any atom is 0.182 e. The van der Waals surface area contributed by atoms with Crippen LogP contribution in [0.3, 0.4) is 0 Å². The molecule has 2 aliphatic rings. The highest BCUT2D eigenvalue weighted by atomic mass is 35.5. The van der Waals surface area contributed by atoms with Crippen molar-refractivity contribution in [3.63, 3.8) is 0 Å². The van der Waals surface area contributed by atoms with Crippen molar-refractivity contribution in [3.8, 4) is 11.4 Å². The van der Waals surface area contributed by atoms with E-state index < -0.39 is 0 Å². The third kappa shape index (κ3) is 3.09. The van der Waals surface area contributed by atoms with E-state index in [9.17, 15) is 4.39 Å². The molecule has 3 aromatic rings. The molecule has 0 atom stereocenters. The van der Waals surface area contributed by atoms with Gasteiger partial charge in [-0.05, 0) is 62.7 Å². The van der Waals surface area contributed by atoms with Crippen LogP contribution < -0.4 is 10.0 Å². The predicted octanol–water partition coefficient (Wildman–Crippen LogP) is 3.92. The fraction of sp³-hybridized carbons (Fsp3) is 0.400. The second kappa shape index (κ2) is 6.84. The molecule has 0 unspecified atom stereocenters. The number of aromatic nitrogens is 3. The lowest BCUT2D eigenvalue weighted by Gasteiger charge is -2.60. The van der Waals surface area contributed by atoms with Gasteiger partial charge in [0, 0.05) is 42.2 Å². The van der Waals surface area contributed by atoms with Crippen molar-refractivity contribution in [2.24, 2.45) is 10.6 Å². The van der Waals surface area contributed by atoms with Gasteiger partial charge in [-0.2, -0.15) is 0 Å². The minimum atomic E-state index is -0.283. The summed E-state index contributed by atoms with van der Waals surface area (Å²) in [5.41, 5.74) is 3.08. The zero-order valence-corrected chi connectivity index (χ0v) is 17.8. The summed E-state index contributed by atoms with van der Waals surface area (Å²) in [7, 11) is 2.05. The van der Waals surface area contributed by atoms with Gasteiger partial charge in [0.1, 0.15) is 16.5 Å². The van der Waals surface area contributed by atoms with Gasteiger partial charge in [0.05, 0.1) is 0 Å². The van der Waals surface area contributed by atoms with Crippen LogP contribution in [-0.2, 0) is 0 Å². The Morgan fingerprint density at radius 1 is 1.28 bits per heavy atom. The monoisotopic (exact) mass is 432 g/mol. The molecule has 0 bridgehead atoms. The molecule has 6 nitrogen and oxygen atoms in total. The Kier molecular flexibility index (Phi) is 4.51. The molecule has 0 amide bonds. The molecule has 1 spiro atoms. The molecule has 29 heavy (non-hydrogen) atoms. The second-order valence-corrected chi connectivity index (χ2v) is 9.42. The van der Waals surface area contributed by atoms with E-state index in [1.807, 2.05) is 20.0 Å². The summed E-state index contributed by atoms with van der Waals surface area (Å²) >= 11 is 7.74. The van der Waals surface area contributed by atoms with E-state index in [1.165, 1.54) is 24.3 Å². The van der Waals surface area contributed by atoms with Crippen molar-refractivity contribution in [2.45, 2.75) is 25.8 Å². The van der Waals surface area contributed by atoms with E-state index in [0.717, 1.165) is 48.4 Å². The number of aryl methyl sites for hydroxylation is 1. The number of fused-ring (bicyclic) bond motifs is 1. The standard InChI is InChI=1S/C20H22ClFN6S/c1-12-7-16(21)28-17(12)19(24-18(25-28)13-3-5-14(22)6-4-13)27-10-20(11-27)8-15(9-20)26(2)29-23/h3-7,15H,8-11,23H2,1-2H3. The van der Waals surface area contributed by atoms with Crippen LogP contribution >= 0.6 is 23.7 Å². The molecule has 1 saturated carbocycles. The molecule has 5 rings (SSSR count). The summed E-state index contributed by atoms with van der Waals surface area (Å²) in [6.07, 6.45) is 2.30. The van der Waals surface area contributed by atoms with Gasteiger partial charge in [-0.1, -0.05) is 11.6 Å². The summed E-state index contributed by atoms with van der Waals surface area (Å²) in [4.78, 5) is 7.17. The van der Waals surface area contributed by atoms with Crippen molar-refractivity contribution in [2.75, 3.05) is 25.0 Å². The predicted molar refractivity (Wildman–Crippen MR) is 115 cm³/mol. The molecule has 1 aliphatic carbocycles. The van der Waals surface area contributed by atoms with Crippen LogP contribution in [0.1, 0.15) is 18.4 Å². The first kappa shape index (κ1) is 19.1. The van der Waals surface area contributed by atoms with Crippen LogP contribution in [0.5, 0.6) is 0 Å². The smallest absolute Gasteiger partial charge is 0.182 e. The minimum absolute atomic E-state index is 0.283. The van der Waals surface area contributed by atoms with E-state index >= 15 is 0 Å². The lowest BCUT2D eigenvalue weighted by Crippen LogP contribution is -2.66. The SMILES string of the molecule is Cc1cc(Cl)n2nc(-c3ccc(F)cc3)nc(N3CC4(CC(N(C)SN)C4)C3)c12. The summed E-state index contributed by atoms with van der Waals surface area (Å²) in [5.74, 6) is 1.14. The minimum Gasteiger partial charge on any atom is -0.353 e. The molecular weight excluding hydrogens is 411 g/mol. The van der Waals surface area contributed by atoms with Crippen molar-refractivity contribution in [1.82, 2.24) is 18.9 Å². The molecule has 1 aromatic carbocycles. The molecule has 0 radical (unpaired) electrons. The van der Waals surface area contributed by atoms with Crippen LogP contribution in [0.4, 0.5) is 10.2 Å². The number of rotatable bonds is 4. The first-order valence-electron chi connectivity index (χ1n) is 9.56. The van der Waals surface area contributed by atoms with E-state index in [-0.39, 0.29) is 5.82 Å². The number of hydrogen-bond donors (Lipinski definition) is 1. The molecule has 9 heteroatoms. The Labute approximate surface area is 178 Å². The Hall–Kier alpha value is -1.87. The van der Waals surface area contributed by atoms with Crippen LogP contribution in [0, 0.1) is 18.2 Å². The first-order valence-corrected chi connectivity index (χ1v) is 10.8. The quantitative estimate of drug-likeness (QED) is 0.630. The van der Waals surface area contributed by atoms with Gasteiger partial charge in [-0.25, -0.2) is 18.2 Å². The van der Waals surface area contributed by atoms with Gasteiger partial charge in [0.2, 0.25) is 0 Å². The molecule has 1 aliphatic heterocycles. The molecule has 3 heterocycles. The average molecular weight is 433 g/mol. The Morgan fingerprint density at radius 2 is 1.97 bits per heavy atom. The second-order valence-electron chi connectivity index (χ2n) is 8.25. The van der Waals surface area contributed by atoms with Crippen LogP contribution in [0.25, 0.3) is 16.9 Å². The summed E-state index contributed by atoms with van der Waals surface area (Å²) in [6, 6.07) is 8.68.